The lowest BCUT2D eigenvalue weighted by molar-refractivity contribution is -0.146. The van der Waals surface area contributed by atoms with Crippen molar-refractivity contribution in [1.29, 1.82) is 0 Å². The molecule has 0 spiro atoms. The molecule has 1 aliphatic heterocycles. The second-order valence-electron chi connectivity index (χ2n) is 7.46. The van der Waals surface area contributed by atoms with E-state index in [0.29, 0.717) is 19.8 Å². The summed E-state index contributed by atoms with van der Waals surface area (Å²) in [4.78, 5) is 14.6. The van der Waals surface area contributed by atoms with E-state index >= 15 is 0 Å². The molecule has 1 saturated carbocycles. The van der Waals surface area contributed by atoms with E-state index in [2.05, 4.69) is 12.1 Å². The molecule has 2 aliphatic carbocycles. The lowest BCUT2D eigenvalue weighted by Crippen LogP contribution is -2.54. The van der Waals surface area contributed by atoms with E-state index in [0.717, 1.165) is 37.9 Å². The topological polar surface area (TPSA) is 59.0 Å². The van der Waals surface area contributed by atoms with Crippen molar-refractivity contribution in [2.45, 2.75) is 50.7 Å². The average molecular weight is 345 g/mol. The van der Waals surface area contributed by atoms with Crippen molar-refractivity contribution >= 4 is 5.91 Å². The number of ether oxygens (including phenoxy) is 2. The van der Waals surface area contributed by atoms with E-state index in [9.17, 15) is 9.90 Å². The fraction of sp³-hybridized carbons (Fsp3) is 0.650. The Balaban J connectivity index is 1.39. The van der Waals surface area contributed by atoms with Gasteiger partial charge >= 0.3 is 0 Å². The van der Waals surface area contributed by atoms with Crippen LogP contribution in [0.5, 0.6) is 5.75 Å². The van der Waals surface area contributed by atoms with Crippen LogP contribution in [-0.4, -0.2) is 54.4 Å². The Kier molecular flexibility index (Phi) is 4.95. The van der Waals surface area contributed by atoms with Crippen LogP contribution in [0.3, 0.4) is 0 Å². The molecule has 1 aromatic carbocycles. The SMILES string of the molecule is O=C(COc1ccc2c(c1)CCC2)N1CCOCC1C1CCCC1O. The van der Waals surface area contributed by atoms with Crippen molar-refractivity contribution in [3.05, 3.63) is 29.3 Å². The van der Waals surface area contributed by atoms with Crippen LogP contribution in [0.2, 0.25) is 0 Å². The molecule has 5 nitrogen and oxygen atoms in total. The van der Waals surface area contributed by atoms with E-state index in [1.165, 1.54) is 17.5 Å². The zero-order chi connectivity index (χ0) is 17.2. The summed E-state index contributed by atoms with van der Waals surface area (Å²) in [5, 5.41) is 10.2. The third-order valence-corrected chi connectivity index (χ3v) is 5.94. The lowest BCUT2D eigenvalue weighted by Gasteiger charge is -2.40. The molecule has 25 heavy (non-hydrogen) atoms. The molecular weight excluding hydrogens is 318 g/mol. The number of amides is 1. The van der Waals surface area contributed by atoms with Crippen LogP contribution in [0.1, 0.15) is 36.8 Å². The Morgan fingerprint density at radius 3 is 2.96 bits per heavy atom. The van der Waals surface area contributed by atoms with Crippen LogP contribution in [0.4, 0.5) is 0 Å². The molecule has 5 heteroatoms. The van der Waals surface area contributed by atoms with Crippen LogP contribution < -0.4 is 4.74 Å². The van der Waals surface area contributed by atoms with Crippen LogP contribution in [-0.2, 0) is 22.4 Å². The van der Waals surface area contributed by atoms with Gasteiger partial charge in [0.05, 0.1) is 25.4 Å². The molecule has 3 unspecified atom stereocenters. The molecule has 1 saturated heterocycles. The van der Waals surface area contributed by atoms with Gasteiger partial charge in [-0.1, -0.05) is 12.5 Å². The van der Waals surface area contributed by atoms with Gasteiger partial charge in [0.25, 0.3) is 5.91 Å². The summed E-state index contributed by atoms with van der Waals surface area (Å²) >= 11 is 0. The van der Waals surface area contributed by atoms with E-state index in [-0.39, 0.29) is 30.6 Å². The highest BCUT2D eigenvalue weighted by Gasteiger charge is 2.39. The number of morpholine rings is 1. The highest BCUT2D eigenvalue weighted by atomic mass is 16.5. The molecule has 0 radical (unpaired) electrons. The highest BCUT2D eigenvalue weighted by molar-refractivity contribution is 5.78. The zero-order valence-corrected chi connectivity index (χ0v) is 14.7. The van der Waals surface area contributed by atoms with Gasteiger partial charge < -0.3 is 19.5 Å². The van der Waals surface area contributed by atoms with Crippen LogP contribution >= 0.6 is 0 Å². The van der Waals surface area contributed by atoms with Gasteiger partial charge in [0, 0.05) is 12.5 Å². The first-order chi connectivity index (χ1) is 12.2. The van der Waals surface area contributed by atoms with Gasteiger partial charge in [0.2, 0.25) is 0 Å². The minimum Gasteiger partial charge on any atom is -0.484 e. The van der Waals surface area contributed by atoms with E-state index < -0.39 is 0 Å². The average Bonchev–Trinajstić information content (AvgIpc) is 3.27. The first kappa shape index (κ1) is 16.9. The molecule has 3 aliphatic rings. The first-order valence-corrected chi connectivity index (χ1v) is 9.52. The van der Waals surface area contributed by atoms with Gasteiger partial charge in [-0.15, -0.1) is 0 Å². The Bertz CT molecular complexity index is 632. The number of nitrogens with zero attached hydrogens (tertiary/aromatic N) is 1. The van der Waals surface area contributed by atoms with E-state index in [4.69, 9.17) is 9.47 Å². The number of benzene rings is 1. The van der Waals surface area contributed by atoms with Crippen LogP contribution in [0.25, 0.3) is 0 Å². The smallest absolute Gasteiger partial charge is 0.260 e. The Morgan fingerprint density at radius 1 is 1.24 bits per heavy atom. The Labute approximate surface area is 148 Å². The molecule has 4 rings (SSSR count). The van der Waals surface area contributed by atoms with Gasteiger partial charge in [-0.2, -0.15) is 0 Å². The highest BCUT2D eigenvalue weighted by Crippen LogP contribution is 2.32. The number of hydrogen-bond acceptors (Lipinski definition) is 4. The molecule has 2 fully saturated rings. The number of carbonyl (C=O) groups is 1. The summed E-state index contributed by atoms with van der Waals surface area (Å²) in [6.07, 6.45) is 5.95. The second kappa shape index (κ2) is 7.34. The van der Waals surface area contributed by atoms with Gasteiger partial charge in [0.15, 0.2) is 6.61 Å². The summed E-state index contributed by atoms with van der Waals surface area (Å²) in [6.45, 7) is 1.72. The largest absolute Gasteiger partial charge is 0.484 e. The maximum atomic E-state index is 12.7. The fourth-order valence-corrected chi connectivity index (χ4v) is 4.57. The maximum Gasteiger partial charge on any atom is 0.260 e. The monoisotopic (exact) mass is 345 g/mol. The minimum atomic E-state index is -0.320. The third-order valence-electron chi connectivity index (χ3n) is 5.94. The van der Waals surface area contributed by atoms with E-state index in [1.807, 2.05) is 11.0 Å². The van der Waals surface area contributed by atoms with Gasteiger partial charge in [-0.05, 0) is 55.4 Å². The van der Waals surface area contributed by atoms with Crippen LogP contribution in [0, 0.1) is 5.92 Å². The third kappa shape index (κ3) is 3.53. The predicted octanol–water partition coefficient (Wildman–Crippen LogP) is 1.94. The number of aryl methyl sites for hydroxylation is 2. The zero-order valence-electron chi connectivity index (χ0n) is 14.7. The summed E-state index contributed by atoms with van der Waals surface area (Å²) in [5.41, 5.74) is 2.76. The molecule has 3 atom stereocenters. The lowest BCUT2D eigenvalue weighted by atomic mass is 9.94. The summed E-state index contributed by atoms with van der Waals surface area (Å²) in [5.74, 6) is 0.900. The van der Waals surface area contributed by atoms with Crippen molar-refractivity contribution in [3.8, 4) is 5.75 Å². The maximum absolute atomic E-state index is 12.7. The number of rotatable bonds is 4. The summed E-state index contributed by atoms with van der Waals surface area (Å²) in [6, 6.07) is 6.14. The first-order valence-electron chi connectivity index (χ1n) is 9.52. The molecule has 1 amide bonds. The molecule has 1 aromatic rings. The number of hydrogen-bond donors (Lipinski definition) is 1. The second-order valence-corrected chi connectivity index (χ2v) is 7.46. The van der Waals surface area contributed by atoms with Gasteiger partial charge in [-0.25, -0.2) is 0 Å². The van der Waals surface area contributed by atoms with Crippen molar-refractivity contribution in [2.24, 2.45) is 5.92 Å². The predicted molar refractivity (Wildman–Crippen MR) is 93.6 cm³/mol. The van der Waals surface area contributed by atoms with Crippen LogP contribution in [0.15, 0.2) is 18.2 Å². The number of aliphatic hydroxyl groups excluding tert-OH is 1. The molecule has 0 aromatic heterocycles. The molecule has 136 valence electrons. The normalized spacial score (nSPS) is 28.8. The number of aliphatic hydroxyl groups is 1. The fourth-order valence-electron chi connectivity index (χ4n) is 4.57. The standard InChI is InChI=1S/C20H27NO4/c22-19-6-2-5-17(19)18-12-24-10-9-21(18)20(23)13-25-16-8-7-14-3-1-4-15(14)11-16/h7-8,11,17-19,22H,1-6,9-10,12-13H2. The molecule has 1 heterocycles. The Hall–Kier alpha value is -1.59. The van der Waals surface area contributed by atoms with Crippen molar-refractivity contribution in [1.82, 2.24) is 4.90 Å². The Morgan fingerprint density at radius 2 is 2.12 bits per heavy atom. The molecule has 0 bridgehead atoms. The summed E-state index contributed by atoms with van der Waals surface area (Å²) < 4.78 is 11.4. The van der Waals surface area contributed by atoms with Gasteiger partial charge in [-0.3, -0.25) is 4.79 Å². The molecular formula is C20H27NO4. The van der Waals surface area contributed by atoms with Crippen molar-refractivity contribution in [2.75, 3.05) is 26.4 Å². The number of fused-ring (bicyclic) bond motifs is 1. The van der Waals surface area contributed by atoms with Gasteiger partial charge in [0.1, 0.15) is 5.75 Å². The number of carbonyl (C=O) groups excluding carboxylic acids is 1. The van der Waals surface area contributed by atoms with E-state index in [1.54, 1.807) is 0 Å². The summed E-state index contributed by atoms with van der Waals surface area (Å²) in [7, 11) is 0. The van der Waals surface area contributed by atoms with Crippen molar-refractivity contribution in [3.63, 3.8) is 0 Å². The minimum absolute atomic E-state index is 0.00658. The quantitative estimate of drug-likeness (QED) is 0.906. The molecule has 1 N–H and O–H groups in total. The van der Waals surface area contributed by atoms with Crippen molar-refractivity contribution < 1.29 is 19.4 Å².